The maximum atomic E-state index is 13.3. The normalized spacial score (nSPS) is 10.5. The summed E-state index contributed by atoms with van der Waals surface area (Å²) in [6.45, 7) is 0. The molecule has 30 heavy (non-hydrogen) atoms. The van der Waals surface area contributed by atoms with Crippen LogP contribution in [0.4, 0.5) is 0 Å². The van der Waals surface area contributed by atoms with Gasteiger partial charge in [-0.25, -0.2) is 4.79 Å². The largest absolute Gasteiger partial charge is 0.507 e. The molecule has 4 rings (SSSR count). The fourth-order valence-electron chi connectivity index (χ4n) is 3.46. The second-order valence-corrected chi connectivity index (χ2v) is 6.87. The summed E-state index contributed by atoms with van der Waals surface area (Å²) in [5.74, 6) is -2.24. The maximum absolute atomic E-state index is 13.3. The second-order valence-electron chi connectivity index (χ2n) is 6.87. The molecular weight excluding hydrogens is 376 g/mol. The highest BCUT2D eigenvalue weighted by molar-refractivity contribution is 6.15. The van der Waals surface area contributed by atoms with Crippen LogP contribution in [0.15, 0.2) is 97.1 Å². The zero-order valence-electron chi connectivity index (χ0n) is 15.9. The summed E-state index contributed by atoms with van der Waals surface area (Å²) in [5, 5.41) is 19.5. The van der Waals surface area contributed by atoms with E-state index in [4.69, 9.17) is 0 Å². The Morgan fingerprint density at radius 3 is 1.63 bits per heavy atom. The van der Waals surface area contributed by atoms with Crippen LogP contribution < -0.4 is 0 Å². The van der Waals surface area contributed by atoms with E-state index in [0.29, 0.717) is 5.56 Å². The van der Waals surface area contributed by atoms with E-state index >= 15 is 0 Å². The zero-order chi connectivity index (χ0) is 21.1. The molecule has 2 N–H and O–H groups in total. The molecule has 0 amide bonds. The van der Waals surface area contributed by atoms with Crippen molar-refractivity contribution in [2.45, 2.75) is 0 Å². The van der Waals surface area contributed by atoms with Crippen molar-refractivity contribution < 1.29 is 19.8 Å². The molecule has 0 fully saturated rings. The van der Waals surface area contributed by atoms with Gasteiger partial charge in [0.1, 0.15) is 11.3 Å². The number of aromatic hydroxyl groups is 1. The van der Waals surface area contributed by atoms with Crippen molar-refractivity contribution in [2.75, 3.05) is 0 Å². The fraction of sp³-hybridized carbons (Fsp3) is 0. The van der Waals surface area contributed by atoms with Crippen molar-refractivity contribution in [1.29, 1.82) is 0 Å². The molecule has 0 atom stereocenters. The standard InChI is InChI=1S/C26H18O4/c27-23-13-7-12-22(24(23)26(29)30)25(28)21-15-19(17-8-3-1-4-9-17)14-20(16-21)18-10-5-2-6-11-18/h1-16,27H,(H,29,30). The number of carboxylic acids is 1. The number of aromatic carboxylic acids is 1. The van der Waals surface area contributed by atoms with E-state index in [2.05, 4.69) is 0 Å². The Bertz CT molecular complexity index is 1170. The molecule has 0 aliphatic heterocycles. The highest BCUT2D eigenvalue weighted by atomic mass is 16.4. The molecular formula is C26H18O4. The van der Waals surface area contributed by atoms with Crippen molar-refractivity contribution in [3.05, 3.63) is 114 Å². The zero-order valence-corrected chi connectivity index (χ0v) is 15.9. The molecule has 0 aliphatic carbocycles. The average Bonchev–Trinajstić information content (AvgIpc) is 2.79. The van der Waals surface area contributed by atoms with Crippen molar-refractivity contribution in [3.63, 3.8) is 0 Å². The third kappa shape index (κ3) is 3.71. The number of ketones is 1. The van der Waals surface area contributed by atoms with E-state index in [1.807, 2.05) is 66.7 Å². The Morgan fingerprint density at radius 1 is 0.600 bits per heavy atom. The van der Waals surface area contributed by atoms with Gasteiger partial charge in [0.25, 0.3) is 0 Å². The summed E-state index contributed by atoms with van der Waals surface area (Å²) < 4.78 is 0. The van der Waals surface area contributed by atoms with E-state index in [0.717, 1.165) is 22.3 Å². The summed E-state index contributed by atoms with van der Waals surface area (Å²) in [7, 11) is 0. The molecule has 0 saturated heterocycles. The third-order valence-electron chi connectivity index (χ3n) is 4.91. The average molecular weight is 394 g/mol. The minimum absolute atomic E-state index is 0.0493. The van der Waals surface area contributed by atoms with Gasteiger partial charge in [0.05, 0.1) is 0 Å². The predicted molar refractivity (Wildman–Crippen MR) is 116 cm³/mol. The van der Waals surface area contributed by atoms with Crippen LogP contribution >= 0.6 is 0 Å². The SMILES string of the molecule is O=C(c1cc(-c2ccccc2)cc(-c2ccccc2)c1)c1cccc(O)c1C(=O)O. The van der Waals surface area contributed by atoms with Gasteiger partial charge in [0, 0.05) is 11.1 Å². The monoisotopic (exact) mass is 394 g/mol. The maximum Gasteiger partial charge on any atom is 0.340 e. The summed E-state index contributed by atoms with van der Waals surface area (Å²) >= 11 is 0. The summed E-state index contributed by atoms with van der Waals surface area (Å²) in [6.07, 6.45) is 0. The Hall–Kier alpha value is -4.18. The molecule has 0 saturated carbocycles. The lowest BCUT2D eigenvalue weighted by atomic mass is 9.91. The molecule has 146 valence electrons. The van der Waals surface area contributed by atoms with Crippen LogP contribution in [-0.2, 0) is 0 Å². The van der Waals surface area contributed by atoms with Gasteiger partial charge in [-0.2, -0.15) is 0 Å². The first-order chi connectivity index (χ1) is 14.5. The number of hydrogen-bond acceptors (Lipinski definition) is 3. The molecule has 4 heteroatoms. The molecule has 0 heterocycles. The molecule has 0 aliphatic rings. The van der Waals surface area contributed by atoms with Gasteiger partial charge in [-0.05, 0) is 52.6 Å². The van der Waals surface area contributed by atoms with Gasteiger partial charge in [-0.3, -0.25) is 4.79 Å². The molecule has 0 radical (unpaired) electrons. The van der Waals surface area contributed by atoms with Crippen LogP contribution in [0.1, 0.15) is 26.3 Å². The first-order valence-corrected chi connectivity index (χ1v) is 9.40. The van der Waals surface area contributed by atoms with Gasteiger partial charge < -0.3 is 10.2 Å². The number of benzene rings is 4. The molecule has 4 aromatic carbocycles. The van der Waals surface area contributed by atoms with Gasteiger partial charge in [0.15, 0.2) is 5.78 Å². The number of rotatable bonds is 5. The van der Waals surface area contributed by atoms with E-state index in [9.17, 15) is 19.8 Å². The summed E-state index contributed by atoms with van der Waals surface area (Å²) in [5.41, 5.74) is 3.48. The lowest BCUT2D eigenvalue weighted by Gasteiger charge is -2.12. The Balaban J connectivity index is 1.91. The highest BCUT2D eigenvalue weighted by Crippen LogP contribution is 2.31. The van der Waals surface area contributed by atoms with Crippen molar-refractivity contribution in [1.82, 2.24) is 0 Å². The highest BCUT2D eigenvalue weighted by Gasteiger charge is 2.22. The fourth-order valence-corrected chi connectivity index (χ4v) is 3.46. The summed E-state index contributed by atoms with van der Waals surface area (Å²) in [4.78, 5) is 25.0. The van der Waals surface area contributed by atoms with E-state index in [-0.39, 0.29) is 5.56 Å². The van der Waals surface area contributed by atoms with Crippen molar-refractivity contribution in [2.24, 2.45) is 0 Å². The molecule has 4 nitrogen and oxygen atoms in total. The first kappa shape index (κ1) is 19.2. The number of carbonyl (C=O) groups excluding carboxylic acids is 1. The van der Waals surface area contributed by atoms with Crippen molar-refractivity contribution >= 4 is 11.8 Å². The topological polar surface area (TPSA) is 74.6 Å². The first-order valence-electron chi connectivity index (χ1n) is 9.40. The predicted octanol–water partition coefficient (Wildman–Crippen LogP) is 5.66. The van der Waals surface area contributed by atoms with E-state index in [1.165, 1.54) is 18.2 Å². The van der Waals surface area contributed by atoms with Gasteiger partial charge in [-0.1, -0.05) is 66.7 Å². The lowest BCUT2D eigenvalue weighted by molar-refractivity contribution is 0.0689. The van der Waals surface area contributed by atoms with Crippen LogP contribution in [0.2, 0.25) is 0 Å². The van der Waals surface area contributed by atoms with Crippen LogP contribution in [0.3, 0.4) is 0 Å². The molecule has 0 aromatic heterocycles. The quantitative estimate of drug-likeness (QED) is 0.429. The minimum Gasteiger partial charge on any atom is -0.507 e. The second kappa shape index (κ2) is 8.05. The molecule has 4 aromatic rings. The Morgan fingerprint density at radius 2 is 1.13 bits per heavy atom. The molecule has 0 unspecified atom stereocenters. The Labute approximate surface area is 173 Å². The number of phenols is 1. The number of carbonyl (C=O) groups is 2. The third-order valence-corrected chi connectivity index (χ3v) is 4.91. The van der Waals surface area contributed by atoms with Crippen LogP contribution in [0.25, 0.3) is 22.3 Å². The van der Waals surface area contributed by atoms with Crippen LogP contribution in [0, 0.1) is 0 Å². The van der Waals surface area contributed by atoms with Gasteiger partial charge in [-0.15, -0.1) is 0 Å². The smallest absolute Gasteiger partial charge is 0.340 e. The lowest BCUT2D eigenvalue weighted by Crippen LogP contribution is -2.10. The molecule has 0 bridgehead atoms. The minimum atomic E-state index is -1.35. The van der Waals surface area contributed by atoms with E-state index in [1.54, 1.807) is 12.1 Å². The molecule has 0 spiro atoms. The number of hydrogen-bond donors (Lipinski definition) is 2. The van der Waals surface area contributed by atoms with Crippen LogP contribution in [-0.4, -0.2) is 22.0 Å². The Kier molecular flexibility index (Phi) is 5.14. The summed E-state index contributed by atoms with van der Waals surface area (Å²) in [6, 6.07) is 29.0. The van der Waals surface area contributed by atoms with Crippen molar-refractivity contribution in [3.8, 4) is 28.0 Å². The number of carboxylic acid groups (broad SMARTS) is 1. The van der Waals surface area contributed by atoms with Gasteiger partial charge in [0.2, 0.25) is 0 Å². The van der Waals surface area contributed by atoms with E-state index < -0.39 is 23.1 Å². The van der Waals surface area contributed by atoms with Crippen LogP contribution in [0.5, 0.6) is 5.75 Å². The van der Waals surface area contributed by atoms with Gasteiger partial charge >= 0.3 is 5.97 Å².